The number of nitriles is 1. The molecule has 1 aromatic heterocycles. The molecule has 3 aromatic rings. The number of benzene rings is 2. The first-order valence-corrected chi connectivity index (χ1v) is 16.2. The molecule has 2 aliphatic carbocycles. The number of oxazole rings is 1. The number of carbonyl (C=O) groups excluding carboxylic acids is 1. The van der Waals surface area contributed by atoms with E-state index in [9.17, 15) is 23.6 Å². The Morgan fingerprint density at radius 2 is 1.80 bits per heavy atom. The van der Waals surface area contributed by atoms with Crippen LogP contribution in [0, 0.1) is 23.1 Å². The summed E-state index contributed by atoms with van der Waals surface area (Å²) in [5.74, 6) is 0.189. The zero-order valence-electron chi connectivity index (χ0n) is 22.5. The lowest BCUT2D eigenvalue weighted by Crippen LogP contribution is -2.42. The molecule has 0 unspecified atom stereocenters. The van der Waals surface area contributed by atoms with E-state index < -0.39 is 21.9 Å². The molecule has 41 heavy (non-hydrogen) atoms. The Morgan fingerprint density at radius 3 is 2.46 bits per heavy atom. The van der Waals surface area contributed by atoms with Crippen LogP contribution in [0.5, 0.6) is 0 Å². The second-order valence-electron chi connectivity index (χ2n) is 11.3. The lowest BCUT2D eigenvalue weighted by molar-refractivity contribution is -0.127. The molecule has 3 aliphatic rings. The summed E-state index contributed by atoms with van der Waals surface area (Å²) >= 11 is 5.92. The third-order valence-electron chi connectivity index (χ3n) is 8.47. The van der Waals surface area contributed by atoms with Crippen LogP contribution in [-0.4, -0.2) is 50.1 Å². The highest BCUT2D eigenvalue weighted by Crippen LogP contribution is 2.46. The summed E-state index contributed by atoms with van der Waals surface area (Å²) in [7, 11) is -2.49. The van der Waals surface area contributed by atoms with Crippen LogP contribution < -0.4 is 10.2 Å². The number of hydrogen-bond donors (Lipinski definition) is 3. The fourth-order valence-corrected chi connectivity index (χ4v) is 7.18. The lowest BCUT2D eigenvalue weighted by Gasteiger charge is -2.41. The van der Waals surface area contributed by atoms with E-state index in [2.05, 4.69) is 16.3 Å². The fourth-order valence-electron chi connectivity index (χ4n) is 5.83. The Labute approximate surface area is 244 Å². The van der Waals surface area contributed by atoms with Crippen LogP contribution in [0.1, 0.15) is 50.2 Å². The van der Waals surface area contributed by atoms with Crippen molar-refractivity contribution in [2.24, 2.45) is 5.92 Å². The van der Waals surface area contributed by atoms with Crippen molar-refractivity contribution in [3.05, 3.63) is 59.1 Å². The van der Waals surface area contributed by atoms with Crippen molar-refractivity contribution in [3.63, 3.8) is 0 Å². The van der Waals surface area contributed by atoms with Gasteiger partial charge in [0.2, 0.25) is 11.8 Å². The number of anilines is 1. The zero-order valence-corrected chi connectivity index (χ0v) is 24.1. The third-order valence-corrected chi connectivity index (χ3v) is 10.4. The Balaban J connectivity index is 1.35. The minimum absolute atomic E-state index is 0.00538. The van der Waals surface area contributed by atoms with Crippen molar-refractivity contribution in [1.82, 2.24) is 10.3 Å². The summed E-state index contributed by atoms with van der Waals surface area (Å²) in [5.41, 5.74) is 2.06. The van der Waals surface area contributed by atoms with Crippen molar-refractivity contribution in [2.75, 3.05) is 29.5 Å². The summed E-state index contributed by atoms with van der Waals surface area (Å²) < 4.78 is 40.7. The summed E-state index contributed by atoms with van der Waals surface area (Å²) in [6.45, 7) is 1.12. The Hall–Kier alpha value is -3.10. The standard InChI is InChI=1S/C30H32ClFN4O4S/c31-24-10-7-20(17-25(24)32)29-34-26(19-5-8-21(9-6-19)36-13-15-41(38,39)16-14-36)27(40-29)22-3-1-2-4-23(22)28(37)35-30(18-33)11-12-30/h5-10,17,22-23,38-39H,1-4,11-16H2,(H,35,37)/t22-,23-/m1/s1. The zero-order chi connectivity index (χ0) is 28.8. The average molecular weight is 599 g/mol. The molecule has 3 fully saturated rings. The summed E-state index contributed by atoms with van der Waals surface area (Å²) in [6.07, 6.45) is 4.56. The second-order valence-corrected chi connectivity index (χ2v) is 14.1. The SMILES string of the molecule is N#CC1(NC(=O)[C@@H]2CCCC[C@H]2c2oc(-c3ccc(Cl)c(F)c3)nc2-c2ccc(N3CCS(O)(O)CC3)cc2)CC1. The predicted molar refractivity (Wildman–Crippen MR) is 158 cm³/mol. The largest absolute Gasteiger partial charge is 0.440 e. The summed E-state index contributed by atoms with van der Waals surface area (Å²) in [4.78, 5) is 20.4. The quantitative estimate of drug-likeness (QED) is 0.284. The molecule has 0 radical (unpaired) electrons. The molecule has 6 rings (SSSR count). The maximum absolute atomic E-state index is 14.4. The molecule has 2 saturated carbocycles. The van der Waals surface area contributed by atoms with Gasteiger partial charge in [-0.15, -0.1) is 0 Å². The molecule has 3 N–H and O–H groups in total. The molecule has 0 spiro atoms. The Morgan fingerprint density at radius 1 is 1.12 bits per heavy atom. The number of carbonyl (C=O) groups is 1. The first-order chi connectivity index (χ1) is 19.7. The Bertz CT molecular complexity index is 1490. The van der Waals surface area contributed by atoms with E-state index in [1.165, 1.54) is 12.1 Å². The molecule has 8 nitrogen and oxygen atoms in total. The summed E-state index contributed by atoms with van der Waals surface area (Å²) in [6, 6.07) is 14.5. The fraction of sp³-hybridized carbons (Fsp3) is 0.433. The number of halogens is 2. The van der Waals surface area contributed by atoms with Crippen molar-refractivity contribution < 1.29 is 22.7 Å². The van der Waals surface area contributed by atoms with Crippen LogP contribution in [0.15, 0.2) is 46.9 Å². The van der Waals surface area contributed by atoms with Gasteiger partial charge in [-0.3, -0.25) is 13.9 Å². The van der Waals surface area contributed by atoms with Gasteiger partial charge in [-0.2, -0.15) is 15.9 Å². The van der Waals surface area contributed by atoms with Gasteiger partial charge in [-0.25, -0.2) is 9.37 Å². The molecule has 2 atom stereocenters. The van der Waals surface area contributed by atoms with E-state index in [-0.39, 0.29) is 28.7 Å². The number of nitrogens with one attached hydrogen (secondary N) is 1. The minimum Gasteiger partial charge on any atom is -0.440 e. The number of rotatable bonds is 6. The molecule has 0 bridgehead atoms. The Kier molecular flexibility index (Phi) is 7.49. The molecule has 2 heterocycles. The van der Waals surface area contributed by atoms with Gasteiger partial charge in [-0.05, 0) is 56.0 Å². The molecule has 1 amide bonds. The first kappa shape index (κ1) is 28.0. The number of aromatic nitrogens is 1. The van der Waals surface area contributed by atoms with Crippen LogP contribution >= 0.6 is 22.2 Å². The third kappa shape index (κ3) is 5.82. The van der Waals surface area contributed by atoms with E-state index in [1.807, 2.05) is 24.3 Å². The van der Waals surface area contributed by atoms with Crippen LogP contribution in [0.3, 0.4) is 0 Å². The number of hydrogen-bond acceptors (Lipinski definition) is 7. The molecule has 1 saturated heterocycles. The van der Waals surface area contributed by atoms with Gasteiger partial charge in [0.1, 0.15) is 22.8 Å². The number of nitrogens with zero attached hydrogens (tertiary/aromatic N) is 3. The van der Waals surface area contributed by atoms with Crippen molar-refractivity contribution >= 4 is 33.8 Å². The highest BCUT2D eigenvalue weighted by atomic mass is 35.5. The second kappa shape index (κ2) is 11.0. The van der Waals surface area contributed by atoms with E-state index >= 15 is 0 Å². The smallest absolute Gasteiger partial charge is 0.226 e. The van der Waals surface area contributed by atoms with Crippen molar-refractivity contribution in [2.45, 2.75) is 50.0 Å². The van der Waals surface area contributed by atoms with Crippen LogP contribution in [-0.2, 0) is 4.79 Å². The summed E-state index contributed by atoms with van der Waals surface area (Å²) in [5, 5.41) is 12.5. The van der Waals surface area contributed by atoms with Crippen LogP contribution in [0.2, 0.25) is 5.02 Å². The van der Waals surface area contributed by atoms with Crippen LogP contribution in [0.25, 0.3) is 22.7 Å². The van der Waals surface area contributed by atoms with Gasteiger partial charge in [0.05, 0.1) is 22.6 Å². The molecule has 2 aromatic carbocycles. The number of amides is 1. The highest BCUT2D eigenvalue weighted by Gasteiger charge is 2.47. The van der Waals surface area contributed by atoms with E-state index in [0.717, 1.165) is 30.5 Å². The normalized spacial score (nSPS) is 23.8. The van der Waals surface area contributed by atoms with E-state index in [0.29, 0.717) is 60.9 Å². The molecule has 11 heteroatoms. The first-order valence-electron chi connectivity index (χ1n) is 14.0. The maximum atomic E-state index is 14.4. The predicted octanol–water partition coefficient (Wildman–Crippen LogP) is 6.82. The van der Waals surface area contributed by atoms with Crippen molar-refractivity contribution in [1.29, 1.82) is 5.26 Å². The maximum Gasteiger partial charge on any atom is 0.226 e. The van der Waals surface area contributed by atoms with Gasteiger partial charge in [0.25, 0.3) is 0 Å². The van der Waals surface area contributed by atoms with Gasteiger partial charge in [0.15, 0.2) is 0 Å². The van der Waals surface area contributed by atoms with Gasteiger partial charge >= 0.3 is 0 Å². The van der Waals surface area contributed by atoms with Gasteiger partial charge in [0, 0.05) is 41.7 Å². The highest BCUT2D eigenvalue weighted by molar-refractivity contribution is 8.24. The minimum atomic E-state index is -2.49. The molecular weight excluding hydrogens is 567 g/mol. The topological polar surface area (TPSA) is 123 Å². The lowest BCUT2D eigenvalue weighted by atomic mass is 9.76. The van der Waals surface area contributed by atoms with Gasteiger partial charge < -0.3 is 14.6 Å². The molecular formula is C30H32ClFN4O4S. The van der Waals surface area contributed by atoms with Gasteiger partial charge in [-0.1, -0.05) is 36.6 Å². The van der Waals surface area contributed by atoms with Crippen molar-refractivity contribution in [3.8, 4) is 28.8 Å². The van der Waals surface area contributed by atoms with E-state index in [4.69, 9.17) is 21.0 Å². The monoisotopic (exact) mass is 598 g/mol. The molecule has 216 valence electrons. The van der Waals surface area contributed by atoms with E-state index in [1.54, 1.807) is 6.07 Å². The average Bonchev–Trinajstić information content (AvgIpc) is 3.61. The molecule has 1 aliphatic heterocycles. The van der Waals surface area contributed by atoms with Crippen LogP contribution in [0.4, 0.5) is 10.1 Å².